The average molecular weight is 277 g/mol. The molecule has 0 unspecified atom stereocenters. The molecule has 0 aliphatic heterocycles. The van der Waals surface area contributed by atoms with E-state index in [-0.39, 0.29) is 12.4 Å². The fourth-order valence-electron chi connectivity index (χ4n) is 1.58. The van der Waals surface area contributed by atoms with Crippen LogP contribution >= 0.6 is 11.6 Å². The highest BCUT2D eigenvalue weighted by Crippen LogP contribution is 2.26. The third-order valence-electron chi connectivity index (χ3n) is 2.57. The predicted molar refractivity (Wildman–Crippen MR) is 74.9 cm³/mol. The minimum Gasteiger partial charge on any atom is -0.457 e. The predicted octanol–water partition coefficient (Wildman–Crippen LogP) is 2.91. The Balaban J connectivity index is 2.18. The van der Waals surface area contributed by atoms with Gasteiger partial charge in [0, 0.05) is 11.6 Å². The van der Waals surface area contributed by atoms with Crippen LogP contribution in [0.25, 0.3) is 0 Å². The molecule has 0 amide bonds. The molecule has 0 aromatic heterocycles. The summed E-state index contributed by atoms with van der Waals surface area (Å²) in [5.41, 5.74) is 6.68. The number of nitrogens with one attached hydrogen (secondary N) is 1. The second-order valence-electron chi connectivity index (χ2n) is 3.96. The van der Waals surface area contributed by atoms with Crippen LogP contribution in [0.3, 0.4) is 0 Å². The highest BCUT2D eigenvalue weighted by molar-refractivity contribution is 6.34. The van der Waals surface area contributed by atoms with Gasteiger partial charge in [0.25, 0.3) is 0 Å². The van der Waals surface area contributed by atoms with Crippen molar-refractivity contribution in [3.8, 4) is 11.5 Å². The monoisotopic (exact) mass is 276 g/mol. The second kappa shape index (κ2) is 5.73. The third kappa shape index (κ3) is 3.24. The lowest BCUT2D eigenvalue weighted by Crippen LogP contribution is -2.11. The SMILES string of the molecule is N=C(N)c1ccc(Oc2ccc(CO)cc2)cc1Cl. The zero-order valence-electron chi connectivity index (χ0n) is 10.1. The Bertz CT molecular complexity index is 597. The zero-order chi connectivity index (χ0) is 13.8. The number of amidine groups is 1. The number of ether oxygens (including phenoxy) is 1. The molecule has 2 aromatic rings. The maximum Gasteiger partial charge on any atom is 0.128 e. The molecule has 0 saturated carbocycles. The molecule has 0 bridgehead atoms. The van der Waals surface area contributed by atoms with Gasteiger partial charge in [-0.3, -0.25) is 5.41 Å². The first kappa shape index (κ1) is 13.4. The van der Waals surface area contributed by atoms with Gasteiger partial charge in [-0.2, -0.15) is 0 Å². The van der Waals surface area contributed by atoms with Crippen LogP contribution in [0.5, 0.6) is 11.5 Å². The standard InChI is InChI=1S/C14H13ClN2O2/c15-13-7-11(5-6-12(13)14(16)17)19-10-3-1-9(8-18)2-4-10/h1-7,18H,8H2,(H3,16,17). The van der Waals surface area contributed by atoms with Gasteiger partial charge in [-0.15, -0.1) is 0 Å². The molecule has 0 aliphatic carbocycles. The van der Waals surface area contributed by atoms with E-state index < -0.39 is 0 Å². The summed E-state index contributed by atoms with van der Waals surface area (Å²) < 4.78 is 5.62. The maximum atomic E-state index is 8.95. The average Bonchev–Trinajstić information content (AvgIpc) is 2.39. The van der Waals surface area contributed by atoms with Gasteiger partial charge < -0.3 is 15.6 Å². The van der Waals surface area contributed by atoms with Crippen molar-refractivity contribution < 1.29 is 9.84 Å². The molecule has 4 nitrogen and oxygen atoms in total. The molecule has 98 valence electrons. The molecule has 5 heteroatoms. The normalized spacial score (nSPS) is 10.2. The largest absolute Gasteiger partial charge is 0.457 e. The molecule has 2 rings (SSSR count). The van der Waals surface area contributed by atoms with Crippen molar-refractivity contribution >= 4 is 17.4 Å². The van der Waals surface area contributed by atoms with E-state index in [1.807, 2.05) is 0 Å². The van der Waals surface area contributed by atoms with E-state index >= 15 is 0 Å². The highest BCUT2D eigenvalue weighted by atomic mass is 35.5. The van der Waals surface area contributed by atoms with Crippen molar-refractivity contribution in [2.24, 2.45) is 5.73 Å². The topological polar surface area (TPSA) is 79.3 Å². The number of nitrogen functional groups attached to an aromatic ring is 1. The smallest absolute Gasteiger partial charge is 0.128 e. The van der Waals surface area contributed by atoms with E-state index in [4.69, 9.17) is 32.6 Å². The lowest BCUT2D eigenvalue weighted by atomic mass is 10.2. The molecule has 0 atom stereocenters. The van der Waals surface area contributed by atoms with Crippen LogP contribution in [-0.2, 0) is 6.61 Å². The van der Waals surface area contributed by atoms with Gasteiger partial charge in [0.2, 0.25) is 0 Å². The molecular weight excluding hydrogens is 264 g/mol. The van der Waals surface area contributed by atoms with Crippen LogP contribution in [-0.4, -0.2) is 10.9 Å². The summed E-state index contributed by atoms with van der Waals surface area (Å²) in [5.74, 6) is 1.12. The fourth-order valence-corrected chi connectivity index (χ4v) is 1.85. The number of benzene rings is 2. The summed E-state index contributed by atoms with van der Waals surface area (Å²) in [7, 11) is 0. The number of rotatable bonds is 4. The molecule has 0 radical (unpaired) electrons. The molecule has 2 aromatic carbocycles. The van der Waals surface area contributed by atoms with Crippen molar-refractivity contribution in [2.75, 3.05) is 0 Å². The first-order valence-corrected chi connectivity index (χ1v) is 5.99. The fraction of sp³-hybridized carbons (Fsp3) is 0.0714. The van der Waals surface area contributed by atoms with Crippen molar-refractivity contribution in [2.45, 2.75) is 6.61 Å². The van der Waals surface area contributed by atoms with Crippen molar-refractivity contribution in [1.29, 1.82) is 5.41 Å². The maximum absolute atomic E-state index is 8.95. The third-order valence-corrected chi connectivity index (χ3v) is 2.89. The molecule has 0 heterocycles. The second-order valence-corrected chi connectivity index (χ2v) is 4.37. The summed E-state index contributed by atoms with van der Waals surface area (Å²) in [6, 6.07) is 12.0. The first-order chi connectivity index (χ1) is 9.10. The molecular formula is C14H13ClN2O2. The van der Waals surface area contributed by atoms with Crippen molar-refractivity contribution in [1.82, 2.24) is 0 Å². The summed E-state index contributed by atoms with van der Waals surface area (Å²) in [5, 5.41) is 16.7. The van der Waals surface area contributed by atoms with Gasteiger partial charge in [-0.25, -0.2) is 0 Å². The summed E-state index contributed by atoms with van der Waals surface area (Å²) in [4.78, 5) is 0. The van der Waals surface area contributed by atoms with E-state index in [1.54, 1.807) is 42.5 Å². The Labute approximate surface area is 115 Å². The number of hydrogen-bond donors (Lipinski definition) is 3. The van der Waals surface area contributed by atoms with Gasteiger partial charge in [0.1, 0.15) is 17.3 Å². The molecule has 0 aliphatic rings. The summed E-state index contributed by atoms with van der Waals surface area (Å²) >= 11 is 6.00. The van der Waals surface area contributed by atoms with Gasteiger partial charge in [-0.05, 0) is 29.8 Å². The Morgan fingerprint density at radius 2 is 1.79 bits per heavy atom. The number of hydrogen-bond acceptors (Lipinski definition) is 3. The van der Waals surface area contributed by atoms with Crippen LogP contribution in [0.15, 0.2) is 42.5 Å². The Kier molecular flexibility index (Phi) is 4.04. The number of nitrogens with two attached hydrogens (primary N) is 1. The Hall–Kier alpha value is -2.04. The molecule has 0 fully saturated rings. The van der Waals surface area contributed by atoms with Crippen LogP contribution in [0.2, 0.25) is 5.02 Å². The van der Waals surface area contributed by atoms with Gasteiger partial charge in [0.05, 0.1) is 11.6 Å². The molecule has 4 N–H and O–H groups in total. The van der Waals surface area contributed by atoms with Crippen molar-refractivity contribution in [3.05, 3.63) is 58.6 Å². The van der Waals surface area contributed by atoms with Crippen molar-refractivity contribution in [3.63, 3.8) is 0 Å². The van der Waals surface area contributed by atoms with Gasteiger partial charge >= 0.3 is 0 Å². The summed E-state index contributed by atoms with van der Waals surface area (Å²) in [6.07, 6.45) is 0. The Morgan fingerprint density at radius 1 is 1.16 bits per heavy atom. The minimum atomic E-state index is -0.0798. The van der Waals surface area contributed by atoms with Crippen LogP contribution in [0, 0.1) is 5.41 Å². The molecule has 19 heavy (non-hydrogen) atoms. The lowest BCUT2D eigenvalue weighted by Gasteiger charge is -2.08. The quantitative estimate of drug-likeness (QED) is 0.593. The van der Waals surface area contributed by atoms with E-state index in [1.165, 1.54) is 0 Å². The highest BCUT2D eigenvalue weighted by Gasteiger charge is 2.06. The zero-order valence-corrected chi connectivity index (χ0v) is 10.8. The Morgan fingerprint density at radius 3 is 2.32 bits per heavy atom. The van der Waals surface area contributed by atoms with Crippen LogP contribution in [0.1, 0.15) is 11.1 Å². The first-order valence-electron chi connectivity index (χ1n) is 5.62. The number of halogens is 1. The van der Waals surface area contributed by atoms with Gasteiger partial charge in [-0.1, -0.05) is 23.7 Å². The van der Waals surface area contributed by atoms with Gasteiger partial charge in [0.15, 0.2) is 0 Å². The molecule has 0 saturated heterocycles. The number of aliphatic hydroxyl groups is 1. The minimum absolute atomic E-state index is 0.000579. The molecule has 0 spiro atoms. The number of aliphatic hydroxyl groups excluding tert-OH is 1. The summed E-state index contributed by atoms with van der Waals surface area (Å²) in [6.45, 7) is -0.000579. The van der Waals surface area contributed by atoms with E-state index in [2.05, 4.69) is 0 Å². The lowest BCUT2D eigenvalue weighted by molar-refractivity contribution is 0.281. The van der Waals surface area contributed by atoms with E-state index in [0.717, 1.165) is 5.56 Å². The van der Waals surface area contributed by atoms with Crippen LogP contribution < -0.4 is 10.5 Å². The van der Waals surface area contributed by atoms with Crippen LogP contribution in [0.4, 0.5) is 0 Å². The van der Waals surface area contributed by atoms with E-state index in [0.29, 0.717) is 22.1 Å². The van der Waals surface area contributed by atoms with E-state index in [9.17, 15) is 0 Å².